The lowest BCUT2D eigenvalue weighted by atomic mass is 10.5. The monoisotopic (exact) mass is 236 g/mol. The van der Waals surface area contributed by atoms with Crippen molar-refractivity contribution in [3.8, 4) is 0 Å². The molecule has 0 aliphatic carbocycles. The largest absolute Gasteiger partial charge is 0.476 e. The van der Waals surface area contributed by atoms with E-state index in [1.807, 2.05) is 0 Å². The molecule has 0 aliphatic rings. The van der Waals surface area contributed by atoms with Gasteiger partial charge >= 0.3 is 5.97 Å². The number of carboxylic acids is 1. The molecule has 0 aromatic carbocycles. The first-order chi connectivity index (χ1) is 7.68. The predicted molar refractivity (Wildman–Crippen MR) is 56.6 cm³/mol. The van der Waals surface area contributed by atoms with Gasteiger partial charge < -0.3 is 9.52 Å². The third-order valence-electron chi connectivity index (χ3n) is 1.89. The van der Waals surface area contributed by atoms with Crippen LogP contribution < -0.4 is 0 Å². The van der Waals surface area contributed by atoms with Crippen LogP contribution in [0.5, 0.6) is 0 Å². The quantitative estimate of drug-likeness (QED) is 0.880. The summed E-state index contributed by atoms with van der Waals surface area (Å²) in [5.74, 6) is -0.358. The number of nitrogens with zero attached hydrogens (tertiary/aromatic N) is 2. The molecule has 0 unspecified atom stereocenters. The first-order valence-corrected chi connectivity index (χ1v) is 5.26. The smallest absolute Gasteiger partial charge is 0.357 e. The molecule has 2 rings (SSSR count). The second-order valence-corrected chi connectivity index (χ2v) is 3.99. The molecule has 0 radical (unpaired) electrons. The van der Waals surface area contributed by atoms with Crippen LogP contribution in [0.3, 0.4) is 0 Å². The molecule has 0 saturated carbocycles. The van der Waals surface area contributed by atoms with Crippen LogP contribution in [-0.4, -0.2) is 21.0 Å². The molecule has 0 spiro atoms. The Balaban J connectivity index is 2.35. The maximum absolute atomic E-state index is 10.9. The molecule has 2 aromatic heterocycles. The number of aromatic nitrogens is 2. The lowest BCUT2D eigenvalue weighted by molar-refractivity contribution is 0.0685. The van der Waals surface area contributed by atoms with E-state index in [1.54, 1.807) is 19.3 Å². The molecule has 0 aliphatic heterocycles. The normalized spacial score (nSPS) is 10.3. The molecule has 82 valence electrons. The topological polar surface area (TPSA) is 76.2 Å². The first kappa shape index (κ1) is 10.7. The van der Waals surface area contributed by atoms with Gasteiger partial charge in [-0.1, -0.05) is 11.8 Å². The first-order valence-electron chi connectivity index (χ1n) is 4.44. The molecule has 0 bridgehead atoms. The van der Waals surface area contributed by atoms with Crippen LogP contribution in [0.2, 0.25) is 0 Å². The second-order valence-electron chi connectivity index (χ2n) is 2.96. The van der Waals surface area contributed by atoms with E-state index in [9.17, 15) is 4.79 Å². The maximum Gasteiger partial charge on any atom is 0.357 e. The van der Waals surface area contributed by atoms with E-state index >= 15 is 0 Å². The number of carboxylic acid groups (broad SMARTS) is 1. The van der Waals surface area contributed by atoms with Crippen LogP contribution >= 0.6 is 11.8 Å². The highest BCUT2D eigenvalue weighted by Crippen LogP contribution is 2.30. The Bertz CT molecular complexity index is 524. The average Bonchev–Trinajstić information content (AvgIpc) is 2.65. The van der Waals surface area contributed by atoms with Gasteiger partial charge in [-0.3, -0.25) is 0 Å². The summed E-state index contributed by atoms with van der Waals surface area (Å²) in [5.41, 5.74) is -0.0481. The van der Waals surface area contributed by atoms with Crippen molar-refractivity contribution < 1.29 is 14.3 Å². The number of rotatable bonds is 3. The van der Waals surface area contributed by atoms with Crippen molar-refractivity contribution >= 4 is 17.7 Å². The highest BCUT2D eigenvalue weighted by atomic mass is 32.2. The van der Waals surface area contributed by atoms with Gasteiger partial charge in [0, 0.05) is 12.4 Å². The number of furan rings is 1. The summed E-state index contributed by atoms with van der Waals surface area (Å²) in [6.45, 7) is 1.80. The Morgan fingerprint density at radius 3 is 2.81 bits per heavy atom. The van der Waals surface area contributed by atoms with E-state index in [1.165, 1.54) is 24.2 Å². The molecule has 16 heavy (non-hydrogen) atoms. The number of hydrogen-bond donors (Lipinski definition) is 1. The van der Waals surface area contributed by atoms with Gasteiger partial charge in [0.05, 0.1) is 11.2 Å². The minimum atomic E-state index is -1.09. The molecule has 6 heteroatoms. The highest BCUT2D eigenvalue weighted by Gasteiger charge is 2.15. The summed E-state index contributed by atoms with van der Waals surface area (Å²) in [6, 6.07) is 1.76. The minimum absolute atomic E-state index is 0.0481. The zero-order chi connectivity index (χ0) is 11.5. The van der Waals surface area contributed by atoms with Gasteiger partial charge in [0.1, 0.15) is 10.8 Å². The fraction of sp³-hybridized carbons (Fsp3) is 0.100. The van der Waals surface area contributed by atoms with E-state index in [2.05, 4.69) is 9.97 Å². The van der Waals surface area contributed by atoms with Gasteiger partial charge in [-0.15, -0.1) is 0 Å². The van der Waals surface area contributed by atoms with Crippen LogP contribution in [0.15, 0.2) is 39.1 Å². The highest BCUT2D eigenvalue weighted by molar-refractivity contribution is 7.99. The molecule has 5 nitrogen and oxygen atoms in total. The number of aromatic carboxylic acids is 1. The van der Waals surface area contributed by atoms with Crippen molar-refractivity contribution in [3.63, 3.8) is 0 Å². The molecule has 2 aromatic rings. The number of hydrogen-bond acceptors (Lipinski definition) is 5. The molecular formula is C10H8N2O3S. The molecule has 0 amide bonds. The fourth-order valence-corrected chi connectivity index (χ4v) is 2.00. The van der Waals surface area contributed by atoms with Crippen molar-refractivity contribution in [1.82, 2.24) is 9.97 Å². The Kier molecular flexibility index (Phi) is 2.91. The summed E-state index contributed by atoms with van der Waals surface area (Å²) in [4.78, 5) is 19.5. The summed E-state index contributed by atoms with van der Waals surface area (Å²) < 4.78 is 5.12. The van der Waals surface area contributed by atoms with Crippen molar-refractivity contribution in [3.05, 3.63) is 36.2 Å². The van der Waals surface area contributed by atoms with Crippen LogP contribution in [0.25, 0.3) is 0 Å². The van der Waals surface area contributed by atoms with Gasteiger partial charge in [-0.05, 0) is 13.0 Å². The van der Waals surface area contributed by atoms with Crippen LogP contribution in [0.1, 0.15) is 16.2 Å². The molecular weight excluding hydrogens is 228 g/mol. The van der Waals surface area contributed by atoms with Gasteiger partial charge in [0.15, 0.2) is 5.69 Å². The van der Waals surface area contributed by atoms with Crippen molar-refractivity contribution in [2.45, 2.75) is 16.8 Å². The summed E-state index contributed by atoms with van der Waals surface area (Å²) in [6.07, 6.45) is 4.37. The zero-order valence-corrected chi connectivity index (χ0v) is 9.19. The third-order valence-corrected chi connectivity index (χ3v) is 3.02. The molecule has 0 fully saturated rings. The predicted octanol–water partition coefficient (Wildman–Crippen LogP) is 2.23. The van der Waals surface area contributed by atoms with Gasteiger partial charge in [-0.25, -0.2) is 14.8 Å². The van der Waals surface area contributed by atoms with Gasteiger partial charge in [-0.2, -0.15) is 0 Å². The lowest BCUT2D eigenvalue weighted by Gasteiger charge is -2.01. The van der Waals surface area contributed by atoms with Gasteiger partial charge in [0.25, 0.3) is 0 Å². The summed E-state index contributed by atoms with van der Waals surface area (Å²) in [5, 5.41) is 9.28. The van der Waals surface area contributed by atoms with Crippen molar-refractivity contribution in [2.24, 2.45) is 0 Å². The lowest BCUT2D eigenvalue weighted by Crippen LogP contribution is -2.03. The maximum atomic E-state index is 10.9. The Labute approximate surface area is 95.5 Å². The number of carbonyl (C=O) groups is 1. The molecule has 1 N–H and O–H groups in total. The minimum Gasteiger partial charge on any atom is -0.476 e. The van der Waals surface area contributed by atoms with E-state index in [0.717, 1.165) is 10.7 Å². The standard InChI is InChI=1S/C10H8N2O3S/c1-6-7(2-5-15-6)16-9-8(10(13)14)11-3-4-12-9/h2-5H,1H3,(H,13,14). The van der Waals surface area contributed by atoms with Crippen LogP contribution in [0.4, 0.5) is 0 Å². The molecule has 0 saturated heterocycles. The van der Waals surface area contributed by atoms with E-state index < -0.39 is 5.97 Å². The fourth-order valence-electron chi connectivity index (χ4n) is 1.13. The van der Waals surface area contributed by atoms with Crippen LogP contribution in [-0.2, 0) is 0 Å². The Hall–Kier alpha value is -1.82. The number of aryl methyl sites for hydroxylation is 1. The average molecular weight is 236 g/mol. The third kappa shape index (κ3) is 2.06. The van der Waals surface area contributed by atoms with Crippen molar-refractivity contribution in [2.75, 3.05) is 0 Å². The Morgan fingerprint density at radius 2 is 2.19 bits per heavy atom. The SMILES string of the molecule is Cc1occc1Sc1nccnc1C(=O)O. The van der Waals surface area contributed by atoms with E-state index in [4.69, 9.17) is 9.52 Å². The van der Waals surface area contributed by atoms with E-state index in [0.29, 0.717) is 5.03 Å². The summed E-state index contributed by atoms with van der Waals surface area (Å²) in [7, 11) is 0. The van der Waals surface area contributed by atoms with E-state index in [-0.39, 0.29) is 5.69 Å². The molecule has 0 atom stereocenters. The van der Waals surface area contributed by atoms with Crippen LogP contribution in [0, 0.1) is 6.92 Å². The molecule has 2 heterocycles. The van der Waals surface area contributed by atoms with Gasteiger partial charge in [0.2, 0.25) is 0 Å². The van der Waals surface area contributed by atoms with Crippen molar-refractivity contribution in [1.29, 1.82) is 0 Å². The summed E-state index contributed by atoms with van der Waals surface area (Å²) >= 11 is 1.23. The second kappa shape index (κ2) is 4.36. The zero-order valence-electron chi connectivity index (χ0n) is 8.38. The Morgan fingerprint density at radius 1 is 1.44 bits per heavy atom.